The Labute approximate surface area is 124 Å². The van der Waals surface area contributed by atoms with Crippen molar-refractivity contribution in [1.82, 2.24) is 10.3 Å². The molecule has 2 heterocycles. The van der Waals surface area contributed by atoms with Crippen LogP contribution < -0.4 is 10.2 Å². The van der Waals surface area contributed by atoms with Crippen molar-refractivity contribution in [1.29, 1.82) is 0 Å². The Bertz CT molecular complexity index is 624. The van der Waals surface area contributed by atoms with Crippen LogP contribution in [0.1, 0.15) is 31.1 Å². The molecule has 1 aliphatic rings. The molecule has 0 spiro atoms. The normalized spacial score (nSPS) is 15.1. The van der Waals surface area contributed by atoms with Crippen LogP contribution in [-0.4, -0.2) is 18.1 Å². The number of benzene rings is 1. The van der Waals surface area contributed by atoms with Crippen molar-refractivity contribution in [2.75, 3.05) is 18.0 Å². The van der Waals surface area contributed by atoms with Crippen molar-refractivity contribution < 1.29 is 4.39 Å². The van der Waals surface area contributed by atoms with E-state index in [1.807, 2.05) is 18.3 Å². The summed E-state index contributed by atoms with van der Waals surface area (Å²) in [6, 6.07) is 9.36. The Morgan fingerprint density at radius 1 is 1.33 bits per heavy atom. The molecule has 21 heavy (non-hydrogen) atoms. The Morgan fingerprint density at radius 3 is 2.90 bits per heavy atom. The summed E-state index contributed by atoms with van der Waals surface area (Å²) in [5, 5.41) is 3.35. The van der Waals surface area contributed by atoms with E-state index in [2.05, 4.69) is 35.1 Å². The van der Waals surface area contributed by atoms with Crippen LogP contribution in [0.4, 0.5) is 15.8 Å². The number of hydrogen-bond acceptors (Lipinski definition) is 3. The van der Waals surface area contributed by atoms with Gasteiger partial charge in [-0.3, -0.25) is 4.98 Å². The minimum atomic E-state index is -0.189. The van der Waals surface area contributed by atoms with E-state index >= 15 is 0 Å². The zero-order valence-electron chi connectivity index (χ0n) is 12.4. The molecule has 0 radical (unpaired) electrons. The molecule has 0 amide bonds. The lowest BCUT2D eigenvalue weighted by Crippen LogP contribution is -2.19. The topological polar surface area (TPSA) is 28.2 Å². The molecule has 1 N–H and O–H groups in total. The van der Waals surface area contributed by atoms with Crippen LogP contribution in [0.5, 0.6) is 0 Å². The maximum atomic E-state index is 13.5. The van der Waals surface area contributed by atoms with Gasteiger partial charge in [0.2, 0.25) is 0 Å². The molecule has 0 bridgehead atoms. The fourth-order valence-corrected chi connectivity index (χ4v) is 2.84. The highest BCUT2D eigenvalue weighted by Crippen LogP contribution is 2.34. The summed E-state index contributed by atoms with van der Waals surface area (Å²) in [7, 11) is 0. The molecule has 1 aliphatic heterocycles. The van der Waals surface area contributed by atoms with Crippen LogP contribution in [-0.2, 0) is 6.42 Å². The second-order valence-electron chi connectivity index (χ2n) is 5.40. The van der Waals surface area contributed by atoms with E-state index in [1.54, 1.807) is 6.07 Å². The van der Waals surface area contributed by atoms with E-state index in [1.165, 1.54) is 11.6 Å². The molecule has 1 unspecified atom stereocenters. The van der Waals surface area contributed by atoms with Gasteiger partial charge < -0.3 is 10.2 Å². The Morgan fingerprint density at radius 2 is 2.19 bits per heavy atom. The van der Waals surface area contributed by atoms with Crippen molar-refractivity contribution in [2.24, 2.45) is 0 Å². The van der Waals surface area contributed by atoms with Crippen molar-refractivity contribution >= 4 is 11.4 Å². The van der Waals surface area contributed by atoms with E-state index in [9.17, 15) is 4.39 Å². The maximum Gasteiger partial charge on any atom is 0.125 e. The zero-order chi connectivity index (χ0) is 14.8. The van der Waals surface area contributed by atoms with Gasteiger partial charge in [0.05, 0.1) is 17.6 Å². The number of rotatable bonds is 4. The van der Waals surface area contributed by atoms with E-state index in [-0.39, 0.29) is 11.9 Å². The van der Waals surface area contributed by atoms with E-state index in [0.717, 1.165) is 36.6 Å². The lowest BCUT2D eigenvalue weighted by Gasteiger charge is -2.20. The minimum Gasteiger partial charge on any atom is -0.340 e. The van der Waals surface area contributed by atoms with Crippen LogP contribution in [0.3, 0.4) is 0 Å². The molecular formula is C17H20FN3. The lowest BCUT2D eigenvalue weighted by molar-refractivity contribution is 0.583. The number of aromatic nitrogens is 1. The fourth-order valence-electron chi connectivity index (χ4n) is 2.84. The van der Waals surface area contributed by atoms with Gasteiger partial charge >= 0.3 is 0 Å². The number of anilines is 2. The van der Waals surface area contributed by atoms with Crippen molar-refractivity contribution in [2.45, 2.75) is 26.3 Å². The summed E-state index contributed by atoms with van der Waals surface area (Å²) in [6.45, 7) is 5.98. The average molecular weight is 285 g/mol. The molecule has 0 aliphatic carbocycles. The van der Waals surface area contributed by atoms with E-state index in [0.29, 0.717) is 0 Å². The standard InChI is InChI=1S/C17H20FN3/c1-3-19-12(2)16-7-6-15(11-20-16)21-9-8-13-4-5-14(18)10-17(13)21/h4-7,10-12,19H,3,8-9H2,1-2H3. The molecule has 1 aromatic heterocycles. The number of fused-ring (bicyclic) bond motifs is 1. The third kappa shape index (κ3) is 2.76. The summed E-state index contributed by atoms with van der Waals surface area (Å²) in [5.74, 6) is -0.189. The van der Waals surface area contributed by atoms with Gasteiger partial charge in [-0.25, -0.2) is 4.39 Å². The van der Waals surface area contributed by atoms with E-state index < -0.39 is 0 Å². The third-order valence-electron chi connectivity index (χ3n) is 3.98. The summed E-state index contributed by atoms with van der Waals surface area (Å²) in [5.41, 5.74) is 4.21. The minimum absolute atomic E-state index is 0.189. The maximum absolute atomic E-state index is 13.5. The van der Waals surface area contributed by atoms with Gasteiger partial charge in [-0.2, -0.15) is 0 Å². The molecule has 0 saturated heterocycles. The monoisotopic (exact) mass is 285 g/mol. The van der Waals surface area contributed by atoms with Gasteiger partial charge in [-0.05, 0) is 49.7 Å². The SMILES string of the molecule is CCNC(C)c1ccc(N2CCc3ccc(F)cc32)cn1. The number of pyridine rings is 1. The molecule has 0 fully saturated rings. The molecule has 4 heteroatoms. The lowest BCUT2D eigenvalue weighted by atomic mass is 10.1. The largest absolute Gasteiger partial charge is 0.340 e. The van der Waals surface area contributed by atoms with Gasteiger partial charge in [0.25, 0.3) is 0 Å². The molecule has 3 nitrogen and oxygen atoms in total. The second-order valence-corrected chi connectivity index (χ2v) is 5.40. The van der Waals surface area contributed by atoms with Crippen molar-refractivity contribution in [3.8, 4) is 0 Å². The molecule has 2 aromatic rings. The van der Waals surface area contributed by atoms with Crippen LogP contribution in [0, 0.1) is 5.82 Å². The fraction of sp³-hybridized carbons (Fsp3) is 0.353. The Balaban J connectivity index is 1.85. The molecule has 1 atom stereocenters. The Hall–Kier alpha value is -1.94. The van der Waals surface area contributed by atoms with Crippen LogP contribution in [0.2, 0.25) is 0 Å². The van der Waals surface area contributed by atoms with Crippen LogP contribution in [0.25, 0.3) is 0 Å². The Kier molecular flexibility index (Phi) is 3.88. The van der Waals surface area contributed by atoms with Gasteiger partial charge in [0, 0.05) is 18.3 Å². The summed E-state index contributed by atoms with van der Waals surface area (Å²) < 4.78 is 13.5. The highest BCUT2D eigenvalue weighted by Gasteiger charge is 2.21. The third-order valence-corrected chi connectivity index (χ3v) is 3.98. The first-order valence-electron chi connectivity index (χ1n) is 7.44. The summed E-state index contributed by atoms with van der Waals surface area (Å²) in [4.78, 5) is 6.67. The van der Waals surface area contributed by atoms with Gasteiger partial charge in [-0.15, -0.1) is 0 Å². The average Bonchev–Trinajstić information content (AvgIpc) is 2.90. The first-order chi connectivity index (χ1) is 10.2. The smallest absolute Gasteiger partial charge is 0.125 e. The molecule has 110 valence electrons. The molecule has 1 aromatic carbocycles. The van der Waals surface area contributed by atoms with Gasteiger partial charge in [0.1, 0.15) is 5.82 Å². The molecular weight excluding hydrogens is 265 g/mol. The van der Waals surface area contributed by atoms with Crippen LogP contribution >= 0.6 is 0 Å². The number of nitrogens with one attached hydrogen (secondary N) is 1. The first-order valence-corrected chi connectivity index (χ1v) is 7.44. The highest BCUT2D eigenvalue weighted by molar-refractivity contribution is 5.69. The number of halogens is 1. The number of hydrogen-bond donors (Lipinski definition) is 1. The molecule has 3 rings (SSSR count). The highest BCUT2D eigenvalue weighted by atomic mass is 19.1. The van der Waals surface area contributed by atoms with E-state index in [4.69, 9.17) is 0 Å². The quantitative estimate of drug-likeness (QED) is 0.930. The predicted octanol–water partition coefficient (Wildman–Crippen LogP) is 3.59. The van der Waals surface area contributed by atoms with Gasteiger partial charge in [-0.1, -0.05) is 13.0 Å². The van der Waals surface area contributed by atoms with Gasteiger partial charge in [0.15, 0.2) is 0 Å². The first kappa shape index (κ1) is 14.0. The van der Waals surface area contributed by atoms with Crippen molar-refractivity contribution in [3.63, 3.8) is 0 Å². The molecule has 0 saturated carbocycles. The number of nitrogens with zero attached hydrogens (tertiary/aromatic N) is 2. The second kappa shape index (κ2) is 5.82. The summed E-state index contributed by atoms with van der Waals surface area (Å²) >= 11 is 0. The predicted molar refractivity (Wildman–Crippen MR) is 83.4 cm³/mol. The summed E-state index contributed by atoms with van der Waals surface area (Å²) in [6.07, 6.45) is 2.83. The van der Waals surface area contributed by atoms with Crippen molar-refractivity contribution in [3.05, 3.63) is 53.6 Å². The van der Waals surface area contributed by atoms with Crippen LogP contribution in [0.15, 0.2) is 36.5 Å². The zero-order valence-corrected chi connectivity index (χ0v) is 12.4.